The van der Waals surface area contributed by atoms with Crippen LogP contribution in [0.2, 0.25) is 5.02 Å². The molecule has 5 heteroatoms. The smallest absolute Gasteiger partial charge is 0.125 e. The number of thiophene rings is 1. The van der Waals surface area contributed by atoms with Crippen LogP contribution < -0.4 is 5.73 Å². The molecule has 2 heterocycles. The molecule has 2 rings (SSSR count). The normalized spacial score (nSPS) is 10.9. The van der Waals surface area contributed by atoms with E-state index in [0.717, 1.165) is 33.4 Å². The second kappa shape index (κ2) is 3.87. The molecule has 80 valence electrons. The van der Waals surface area contributed by atoms with Crippen molar-refractivity contribution >= 4 is 28.8 Å². The third kappa shape index (κ3) is 1.64. The van der Waals surface area contributed by atoms with Gasteiger partial charge in [-0.25, -0.2) is 0 Å². The van der Waals surface area contributed by atoms with E-state index in [4.69, 9.17) is 17.3 Å². The highest BCUT2D eigenvalue weighted by atomic mass is 35.5. The number of anilines is 1. The Kier molecular flexibility index (Phi) is 2.71. The van der Waals surface area contributed by atoms with Crippen molar-refractivity contribution in [1.82, 2.24) is 9.78 Å². The Morgan fingerprint density at radius 3 is 2.87 bits per heavy atom. The van der Waals surface area contributed by atoms with Gasteiger partial charge in [0.2, 0.25) is 0 Å². The highest BCUT2D eigenvalue weighted by molar-refractivity contribution is 7.14. The summed E-state index contributed by atoms with van der Waals surface area (Å²) in [6.45, 7) is 2.07. The number of hydrogen-bond acceptors (Lipinski definition) is 3. The topological polar surface area (TPSA) is 43.8 Å². The minimum absolute atomic E-state index is 0.719. The molecule has 2 aromatic rings. The van der Waals surface area contributed by atoms with Gasteiger partial charge in [0.1, 0.15) is 11.5 Å². The molecule has 0 fully saturated rings. The first-order valence-electron chi connectivity index (χ1n) is 4.69. The third-order valence-electron chi connectivity index (χ3n) is 2.38. The molecule has 0 aliphatic heterocycles. The van der Waals surface area contributed by atoms with Crippen molar-refractivity contribution in [2.45, 2.75) is 13.3 Å². The lowest BCUT2D eigenvalue weighted by Gasteiger charge is -1.98. The van der Waals surface area contributed by atoms with E-state index in [1.54, 1.807) is 16.0 Å². The number of nitrogens with zero attached hydrogens (tertiary/aromatic N) is 2. The number of halogens is 1. The van der Waals surface area contributed by atoms with E-state index in [2.05, 4.69) is 12.0 Å². The van der Waals surface area contributed by atoms with Gasteiger partial charge in [0, 0.05) is 12.6 Å². The van der Waals surface area contributed by atoms with Gasteiger partial charge in [-0.1, -0.05) is 18.5 Å². The second-order valence-corrected chi connectivity index (χ2v) is 4.61. The molecule has 15 heavy (non-hydrogen) atoms. The molecule has 0 aliphatic carbocycles. The molecule has 0 aliphatic rings. The van der Waals surface area contributed by atoms with Crippen LogP contribution in [0.1, 0.15) is 12.5 Å². The van der Waals surface area contributed by atoms with Crippen molar-refractivity contribution in [2.24, 2.45) is 7.05 Å². The molecule has 0 saturated carbocycles. The minimum Gasteiger partial charge on any atom is -0.384 e. The maximum Gasteiger partial charge on any atom is 0.125 e. The van der Waals surface area contributed by atoms with E-state index in [1.807, 2.05) is 18.5 Å². The van der Waals surface area contributed by atoms with Crippen molar-refractivity contribution in [3.05, 3.63) is 22.0 Å². The zero-order valence-corrected chi connectivity index (χ0v) is 10.2. The van der Waals surface area contributed by atoms with Gasteiger partial charge in [-0.3, -0.25) is 4.68 Å². The Morgan fingerprint density at radius 2 is 2.33 bits per heavy atom. The van der Waals surface area contributed by atoms with Crippen molar-refractivity contribution in [3.63, 3.8) is 0 Å². The van der Waals surface area contributed by atoms with Gasteiger partial charge in [0.05, 0.1) is 9.90 Å². The van der Waals surface area contributed by atoms with Crippen molar-refractivity contribution in [1.29, 1.82) is 0 Å². The predicted molar refractivity (Wildman–Crippen MR) is 65.3 cm³/mol. The first-order valence-corrected chi connectivity index (χ1v) is 5.95. The van der Waals surface area contributed by atoms with E-state index in [9.17, 15) is 0 Å². The summed E-state index contributed by atoms with van der Waals surface area (Å²) in [5.74, 6) is 0.719. The number of nitrogen functional groups attached to an aromatic ring is 1. The minimum atomic E-state index is 0.719. The Bertz CT molecular complexity index is 487. The van der Waals surface area contributed by atoms with E-state index < -0.39 is 0 Å². The van der Waals surface area contributed by atoms with Gasteiger partial charge in [0.25, 0.3) is 0 Å². The predicted octanol–water partition coefficient (Wildman–Crippen LogP) is 2.95. The summed E-state index contributed by atoms with van der Waals surface area (Å²) in [5.41, 5.74) is 7.92. The Labute approximate surface area is 97.5 Å². The van der Waals surface area contributed by atoms with Gasteiger partial charge < -0.3 is 5.73 Å². The average molecular weight is 242 g/mol. The van der Waals surface area contributed by atoms with E-state index in [1.165, 1.54) is 0 Å². The van der Waals surface area contributed by atoms with Crippen LogP contribution in [-0.2, 0) is 13.5 Å². The van der Waals surface area contributed by atoms with Gasteiger partial charge in [-0.05, 0) is 17.9 Å². The van der Waals surface area contributed by atoms with Gasteiger partial charge in [0.15, 0.2) is 0 Å². The van der Waals surface area contributed by atoms with Crippen LogP contribution in [0.4, 0.5) is 5.82 Å². The number of hydrogen-bond donors (Lipinski definition) is 1. The molecule has 2 N–H and O–H groups in total. The largest absolute Gasteiger partial charge is 0.384 e. The summed E-state index contributed by atoms with van der Waals surface area (Å²) in [4.78, 5) is 1.00. The SMILES string of the molecule is CCc1c(-c2sccc2Cl)nn(C)c1N. The van der Waals surface area contributed by atoms with E-state index in [-0.39, 0.29) is 0 Å². The van der Waals surface area contributed by atoms with Gasteiger partial charge >= 0.3 is 0 Å². The molecule has 0 spiro atoms. The van der Waals surface area contributed by atoms with Gasteiger partial charge in [-0.2, -0.15) is 5.10 Å². The molecule has 0 radical (unpaired) electrons. The summed E-state index contributed by atoms with van der Waals surface area (Å²) in [5, 5.41) is 7.11. The molecule has 0 atom stereocenters. The monoisotopic (exact) mass is 241 g/mol. The summed E-state index contributed by atoms with van der Waals surface area (Å²) in [6.07, 6.45) is 0.864. The van der Waals surface area contributed by atoms with Crippen molar-refractivity contribution < 1.29 is 0 Å². The highest BCUT2D eigenvalue weighted by Gasteiger charge is 2.16. The second-order valence-electron chi connectivity index (χ2n) is 3.29. The molecule has 0 aromatic carbocycles. The standard InChI is InChI=1S/C10H12ClN3S/c1-3-6-8(13-14(2)10(6)12)9-7(11)4-5-15-9/h4-5H,3,12H2,1-2H3. The van der Waals surface area contributed by atoms with Crippen LogP contribution >= 0.6 is 22.9 Å². The molecule has 0 saturated heterocycles. The zero-order chi connectivity index (χ0) is 11.0. The van der Waals surface area contributed by atoms with Crippen LogP contribution in [0.5, 0.6) is 0 Å². The first-order chi connectivity index (χ1) is 7.15. The maximum atomic E-state index is 6.09. The van der Waals surface area contributed by atoms with Gasteiger partial charge in [-0.15, -0.1) is 11.3 Å². The first kappa shape index (κ1) is 10.5. The molecular formula is C10H12ClN3S. The summed E-state index contributed by atoms with van der Waals surface area (Å²) in [7, 11) is 1.85. The fourth-order valence-electron chi connectivity index (χ4n) is 1.57. The third-order valence-corrected chi connectivity index (χ3v) is 3.73. The lowest BCUT2D eigenvalue weighted by molar-refractivity contribution is 0.782. The van der Waals surface area contributed by atoms with Crippen LogP contribution in [-0.4, -0.2) is 9.78 Å². The number of aryl methyl sites for hydroxylation is 1. The number of rotatable bonds is 2. The van der Waals surface area contributed by atoms with Crippen LogP contribution in [0.15, 0.2) is 11.4 Å². The molecule has 3 nitrogen and oxygen atoms in total. The number of nitrogens with two attached hydrogens (primary N) is 1. The average Bonchev–Trinajstić information content (AvgIpc) is 2.73. The summed E-state index contributed by atoms with van der Waals surface area (Å²) < 4.78 is 1.70. The quantitative estimate of drug-likeness (QED) is 0.879. The zero-order valence-electron chi connectivity index (χ0n) is 8.62. The van der Waals surface area contributed by atoms with Crippen LogP contribution in [0.25, 0.3) is 10.6 Å². The Balaban J connectivity index is 2.63. The Hall–Kier alpha value is -1.00. The molecule has 0 bridgehead atoms. The summed E-state index contributed by atoms with van der Waals surface area (Å²) >= 11 is 7.68. The number of aromatic nitrogens is 2. The molecule has 0 unspecified atom stereocenters. The Morgan fingerprint density at radius 1 is 1.60 bits per heavy atom. The van der Waals surface area contributed by atoms with Crippen LogP contribution in [0, 0.1) is 0 Å². The maximum absolute atomic E-state index is 6.09. The van der Waals surface area contributed by atoms with Crippen molar-refractivity contribution in [2.75, 3.05) is 5.73 Å². The van der Waals surface area contributed by atoms with Crippen molar-refractivity contribution in [3.8, 4) is 10.6 Å². The molecular weight excluding hydrogens is 230 g/mol. The molecule has 0 amide bonds. The fraction of sp³-hybridized carbons (Fsp3) is 0.300. The lowest BCUT2D eigenvalue weighted by atomic mass is 10.1. The van der Waals surface area contributed by atoms with E-state index >= 15 is 0 Å². The lowest BCUT2D eigenvalue weighted by Crippen LogP contribution is -1.98. The van der Waals surface area contributed by atoms with Crippen LogP contribution in [0.3, 0.4) is 0 Å². The highest BCUT2D eigenvalue weighted by Crippen LogP contribution is 2.36. The fourth-order valence-corrected chi connectivity index (χ4v) is 2.73. The van der Waals surface area contributed by atoms with E-state index in [0.29, 0.717) is 0 Å². The molecule has 2 aromatic heterocycles. The summed E-state index contributed by atoms with van der Waals surface area (Å²) in [6, 6.07) is 1.88.